The maximum atomic E-state index is 11.1. The lowest BCUT2D eigenvalue weighted by atomic mass is 10.1. The number of carbonyl (C=O) groups excluding carboxylic acids is 1. The molecule has 1 N–H and O–H groups in total. The molecular weight excluding hydrogens is 152 g/mol. The van der Waals surface area contributed by atoms with Crippen LogP contribution < -0.4 is 0 Å². The number of carbonyl (C=O) groups is 1. The molecule has 0 amide bonds. The molecule has 0 aliphatic heterocycles. The van der Waals surface area contributed by atoms with Crippen molar-refractivity contribution >= 4 is 5.78 Å². The van der Waals surface area contributed by atoms with Gasteiger partial charge >= 0.3 is 0 Å². The molecule has 64 valence electrons. The Morgan fingerprint density at radius 2 is 1.83 bits per heavy atom. The molecule has 0 spiro atoms. The number of aryl methyl sites for hydroxylation is 1. The maximum absolute atomic E-state index is 11.1. The second-order valence-corrected chi connectivity index (χ2v) is 2.58. The van der Waals surface area contributed by atoms with Gasteiger partial charge < -0.3 is 5.11 Å². The van der Waals surface area contributed by atoms with Crippen LogP contribution in [-0.4, -0.2) is 18.0 Å². The third kappa shape index (κ3) is 1.53. The Balaban J connectivity index is 0.000000336. The minimum absolute atomic E-state index is 0.301. The number of aliphatic hydroxyl groups is 1. The molecule has 1 aromatic carbocycles. The molecule has 12 heavy (non-hydrogen) atoms. The minimum atomic E-state index is 0.301. The highest BCUT2D eigenvalue weighted by molar-refractivity contribution is 6.00. The van der Waals surface area contributed by atoms with Crippen molar-refractivity contribution in [3.05, 3.63) is 35.4 Å². The van der Waals surface area contributed by atoms with E-state index in [0.717, 1.165) is 19.1 Å². The molecule has 1 aliphatic carbocycles. The number of benzene rings is 1. The summed E-state index contributed by atoms with van der Waals surface area (Å²) in [5.41, 5.74) is 2.15. The van der Waals surface area contributed by atoms with Gasteiger partial charge in [-0.1, -0.05) is 24.3 Å². The monoisotopic (exact) mass is 164 g/mol. The Labute approximate surface area is 71.8 Å². The molecule has 0 atom stereocenters. The molecule has 2 heteroatoms. The van der Waals surface area contributed by atoms with Crippen molar-refractivity contribution in [2.45, 2.75) is 12.8 Å². The summed E-state index contributed by atoms with van der Waals surface area (Å²) in [5, 5.41) is 7.00. The van der Waals surface area contributed by atoms with E-state index in [4.69, 9.17) is 5.11 Å². The molecule has 2 nitrogen and oxygen atoms in total. The summed E-state index contributed by atoms with van der Waals surface area (Å²) < 4.78 is 0. The summed E-state index contributed by atoms with van der Waals surface area (Å²) >= 11 is 0. The molecular formula is C10H12O2. The van der Waals surface area contributed by atoms with Crippen LogP contribution >= 0.6 is 0 Å². The maximum Gasteiger partial charge on any atom is 0.163 e. The van der Waals surface area contributed by atoms with Crippen LogP contribution in [0.4, 0.5) is 0 Å². The smallest absolute Gasteiger partial charge is 0.163 e. The summed E-state index contributed by atoms with van der Waals surface area (Å²) in [6, 6.07) is 7.84. The van der Waals surface area contributed by atoms with Gasteiger partial charge in [0.1, 0.15) is 0 Å². The second kappa shape index (κ2) is 4.02. The summed E-state index contributed by atoms with van der Waals surface area (Å²) in [6.45, 7) is 0. The Bertz CT molecular complexity index is 279. The Morgan fingerprint density at radius 3 is 2.50 bits per heavy atom. The summed E-state index contributed by atoms with van der Waals surface area (Å²) in [4.78, 5) is 11.1. The number of ketones is 1. The highest BCUT2D eigenvalue weighted by Gasteiger charge is 2.17. The Morgan fingerprint density at radius 1 is 1.17 bits per heavy atom. The van der Waals surface area contributed by atoms with Crippen molar-refractivity contribution in [1.82, 2.24) is 0 Å². The first kappa shape index (κ1) is 8.94. The van der Waals surface area contributed by atoms with Gasteiger partial charge in [-0.05, 0) is 12.0 Å². The zero-order valence-electron chi connectivity index (χ0n) is 7.08. The molecule has 0 unspecified atom stereocenters. The largest absolute Gasteiger partial charge is 0.400 e. The number of Topliss-reactive ketones (excluding diaryl/α,β-unsaturated/α-hetero) is 1. The topological polar surface area (TPSA) is 37.3 Å². The van der Waals surface area contributed by atoms with Crippen LogP contribution in [0.1, 0.15) is 22.3 Å². The van der Waals surface area contributed by atoms with Crippen molar-refractivity contribution in [3.63, 3.8) is 0 Å². The van der Waals surface area contributed by atoms with E-state index >= 15 is 0 Å². The van der Waals surface area contributed by atoms with Gasteiger partial charge in [-0.15, -0.1) is 0 Å². The normalized spacial score (nSPS) is 13.3. The number of fused-ring (bicyclic) bond motifs is 1. The van der Waals surface area contributed by atoms with Gasteiger partial charge in [0.2, 0.25) is 0 Å². The van der Waals surface area contributed by atoms with E-state index < -0.39 is 0 Å². The van der Waals surface area contributed by atoms with Crippen LogP contribution in [0.5, 0.6) is 0 Å². The van der Waals surface area contributed by atoms with Gasteiger partial charge in [-0.2, -0.15) is 0 Å². The van der Waals surface area contributed by atoms with E-state index in [2.05, 4.69) is 0 Å². The first-order valence-corrected chi connectivity index (χ1v) is 3.94. The van der Waals surface area contributed by atoms with Crippen molar-refractivity contribution in [2.24, 2.45) is 0 Å². The lowest BCUT2D eigenvalue weighted by molar-refractivity contribution is 0.0994. The predicted octanol–water partition coefficient (Wildman–Crippen LogP) is 1.42. The third-order valence-electron chi connectivity index (χ3n) is 1.94. The van der Waals surface area contributed by atoms with Crippen LogP contribution in [0, 0.1) is 0 Å². The summed E-state index contributed by atoms with van der Waals surface area (Å²) in [6.07, 6.45) is 1.65. The van der Waals surface area contributed by atoms with Crippen LogP contribution in [0.15, 0.2) is 24.3 Å². The first-order valence-electron chi connectivity index (χ1n) is 3.94. The highest BCUT2D eigenvalue weighted by atomic mass is 16.2. The summed E-state index contributed by atoms with van der Waals surface area (Å²) in [7, 11) is 1.00. The Kier molecular flexibility index (Phi) is 3.00. The zero-order chi connectivity index (χ0) is 8.97. The molecule has 1 aliphatic rings. The third-order valence-corrected chi connectivity index (χ3v) is 1.94. The second-order valence-electron chi connectivity index (χ2n) is 2.58. The van der Waals surface area contributed by atoms with Gasteiger partial charge in [0.05, 0.1) is 0 Å². The number of rotatable bonds is 0. The van der Waals surface area contributed by atoms with Gasteiger partial charge in [-0.3, -0.25) is 4.79 Å². The van der Waals surface area contributed by atoms with Crippen LogP contribution in [0.25, 0.3) is 0 Å². The van der Waals surface area contributed by atoms with E-state index in [1.165, 1.54) is 5.56 Å². The molecule has 2 rings (SSSR count). The molecule has 0 saturated carbocycles. The number of hydrogen-bond acceptors (Lipinski definition) is 2. The molecule has 0 bridgehead atoms. The molecule has 0 fully saturated rings. The Hall–Kier alpha value is -1.15. The van der Waals surface area contributed by atoms with Gasteiger partial charge in [0.25, 0.3) is 0 Å². The van der Waals surface area contributed by atoms with Crippen molar-refractivity contribution < 1.29 is 9.90 Å². The average Bonchev–Trinajstić information content (AvgIpc) is 2.53. The predicted molar refractivity (Wildman–Crippen MR) is 47.2 cm³/mol. The van der Waals surface area contributed by atoms with E-state index in [1.54, 1.807) is 0 Å². The fourth-order valence-corrected chi connectivity index (χ4v) is 1.39. The lowest BCUT2D eigenvalue weighted by Gasteiger charge is -1.92. The van der Waals surface area contributed by atoms with Crippen molar-refractivity contribution in [1.29, 1.82) is 0 Å². The molecule has 0 radical (unpaired) electrons. The first-order chi connectivity index (χ1) is 5.88. The van der Waals surface area contributed by atoms with E-state index in [1.807, 2.05) is 24.3 Å². The van der Waals surface area contributed by atoms with E-state index in [0.29, 0.717) is 12.2 Å². The fraction of sp³-hybridized carbons (Fsp3) is 0.300. The quantitative estimate of drug-likeness (QED) is 0.629. The van der Waals surface area contributed by atoms with Gasteiger partial charge in [0, 0.05) is 19.1 Å². The van der Waals surface area contributed by atoms with Crippen molar-refractivity contribution in [3.8, 4) is 0 Å². The standard InChI is InChI=1S/C9H8O.CH4O/c10-9-6-5-7-3-1-2-4-8(7)9;1-2/h1-4H,5-6H2;2H,1H3. The number of hydrogen-bond donors (Lipinski definition) is 1. The fourth-order valence-electron chi connectivity index (χ4n) is 1.39. The zero-order valence-corrected chi connectivity index (χ0v) is 7.08. The highest BCUT2D eigenvalue weighted by Crippen LogP contribution is 2.20. The van der Waals surface area contributed by atoms with Crippen LogP contribution in [0.2, 0.25) is 0 Å². The van der Waals surface area contributed by atoms with Crippen LogP contribution in [-0.2, 0) is 6.42 Å². The molecule has 0 saturated heterocycles. The van der Waals surface area contributed by atoms with Crippen LogP contribution in [0.3, 0.4) is 0 Å². The van der Waals surface area contributed by atoms with Gasteiger partial charge in [0.15, 0.2) is 5.78 Å². The van der Waals surface area contributed by atoms with Crippen molar-refractivity contribution in [2.75, 3.05) is 7.11 Å². The minimum Gasteiger partial charge on any atom is -0.400 e. The SMILES string of the molecule is CO.O=C1CCc2ccccc21. The summed E-state index contributed by atoms with van der Waals surface area (Å²) in [5.74, 6) is 0.301. The van der Waals surface area contributed by atoms with E-state index in [9.17, 15) is 4.79 Å². The van der Waals surface area contributed by atoms with Gasteiger partial charge in [-0.25, -0.2) is 0 Å². The molecule has 0 aromatic heterocycles. The number of aliphatic hydroxyl groups excluding tert-OH is 1. The average molecular weight is 164 g/mol. The molecule has 1 aromatic rings. The lowest BCUT2D eigenvalue weighted by Crippen LogP contribution is -1.88. The molecule has 0 heterocycles. The van der Waals surface area contributed by atoms with E-state index in [-0.39, 0.29) is 0 Å².